The third-order valence-electron chi connectivity index (χ3n) is 12.0. The number of benzene rings is 3. The van der Waals surface area contributed by atoms with Crippen molar-refractivity contribution in [2.24, 2.45) is 5.41 Å². The first kappa shape index (κ1) is 37.1. The molecule has 3 amide bonds. The third-order valence-corrected chi connectivity index (χ3v) is 12.5. The van der Waals surface area contributed by atoms with E-state index in [2.05, 4.69) is 21.4 Å². The summed E-state index contributed by atoms with van der Waals surface area (Å²) in [5, 5.41) is 1.02. The number of sulfonamides is 1. The van der Waals surface area contributed by atoms with Crippen molar-refractivity contribution < 1.29 is 32.3 Å². The van der Waals surface area contributed by atoms with Gasteiger partial charge in [0.1, 0.15) is 11.4 Å². The van der Waals surface area contributed by atoms with E-state index in [4.69, 9.17) is 9.47 Å². The number of carbonyl (C=O) groups excluding carboxylic acids is 3. The van der Waals surface area contributed by atoms with Crippen molar-refractivity contribution >= 4 is 38.8 Å². The summed E-state index contributed by atoms with van der Waals surface area (Å²) in [6.07, 6.45) is 6.74. The van der Waals surface area contributed by atoms with Gasteiger partial charge in [-0.3, -0.25) is 9.59 Å². The number of piperazine rings is 1. The van der Waals surface area contributed by atoms with E-state index < -0.39 is 33.0 Å². The summed E-state index contributed by atoms with van der Waals surface area (Å²) >= 11 is 0. The normalized spacial score (nSPS) is 22.6. The summed E-state index contributed by atoms with van der Waals surface area (Å²) in [5.74, 6) is 0.271. The number of ether oxygens (including phenoxy) is 2. The Morgan fingerprint density at radius 3 is 2.36 bits per heavy atom. The van der Waals surface area contributed by atoms with Crippen LogP contribution in [-0.4, -0.2) is 79.3 Å². The molecule has 55 heavy (non-hydrogen) atoms. The van der Waals surface area contributed by atoms with Crippen LogP contribution in [0.2, 0.25) is 0 Å². The molecule has 2 aliphatic heterocycles. The average Bonchev–Trinajstić information content (AvgIpc) is 3.83. The molecule has 1 aromatic heterocycles. The van der Waals surface area contributed by atoms with Gasteiger partial charge < -0.3 is 23.8 Å². The van der Waals surface area contributed by atoms with Gasteiger partial charge in [0.05, 0.1) is 30.5 Å². The Morgan fingerprint density at radius 2 is 1.67 bits per heavy atom. The first-order valence-corrected chi connectivity index (χ1v) is 21.3. The van der Waals surface area contributed by atoms with Gasteiger partial charge in [0.25, 0.3) is 5.91 Å². The van der Waals surface area contributed by atoms with Gasteiger partial charge in [-0.1, -0.05) is 55.7 Å². The van der Waals surface area contributed by atoms with Crippen molar-refractivity contribution in [1.29, 1.82) is 0 Å². The third kappa shape index (κ3) is 6.87. The minimum absolute atomic E-state index is 0.0313. The van der Waals surface area contributed by atoms with Crippen LogP contribution in [-0.2, 0) is 26.1 Å². The Kier molecular flexibility index (Phi) is 9.26. The number of nitrogens with zero attached hydrogens (tertiary/aromatic N) is 3. The lowest BCUT2D eigenvalue weighted by molar-refractivity contribution is -0.143. The predicted molar refractivity (Wildman–Crippen MR) is 211 cm³/mol. The molecule has 0 radical (unpaired) electrons. The number of carbonyl (C=O) groups is 3. The van der Waals surface area contributed by atoms with Gasteiger partial charge in [-0.25, -0.2) is 17.9 Å². The number of rotatable bonds is 6. The lowest BCUT2D eigenvalue weighted by Crippen LogP contribution is -2.55. The summed E-state index contributed by atoms with van der Waals surface area (Å²) in [7, 11) is -2.13. The molecule has 4 aromatic rings. The molecular formula is C43H50N4O7S. The highest BCUT2D eigenvalue weighted by molar-refractivity contribution is 7.89. The predicted octanol–water partition coefficient (Wildman–Crippen LogP) is 7.36. The van der Waals surface area contributed by atoms with Crippen LogP contribution in [0.3, 0.4) is 0 Å². The number of hydrogen-bond acceptors (Lipinski definition) is 7. The molecule has 1 N–H and O–H groups in total. The highest BCUT2D eigenvalue weighted by atomic mass is 32.2. The average molecular weight is 767 g/mol. The summed E-state index contributed by atoms with van der Waals surface area (Å²) in [5.41, 5.74) is 4.96. The molecule has 8 rings (SSSR count). The molecular weight excluding hydrogens is 717 g/mol. The zero-order valence-corrected chi connectivity index (χ0v) is 33.1. The van der Waals surface area contributed by atoms with Crippen molar-refractivity contribution in [2.75, 3.05) is 33.0 Å². The van der Waals surface area contributed by atoms with Crippen molar-refractivity contribution in [3.8, 4) is 17.0 Å². The van der Waals surface area contributed by atoms with E-state index in [9.17, 15) is 18.0 Å². The van der Waals surface area contributed by atoms with E-state index in [-0.39, 0.29) is 23.4 Å². The van der Waals surface area contributed by atoms with Crippen LogP contribution < -0.4 is 9.46 Å². The first-order chi connectivity index (χ1) is 26.2. The molecule has 2 saturated carbocycles. The monoisotopic (exact) mass is 766 g/mol. The fourth-order valence-electron chi connectivity index (χ4n) is 9.41. The molecule has 3 heterocycles. The zero-order valence-electron chi connectivity index (χ0n) is 32.3. The molecule has 3 atom stereocenters. The number of aromatic nitrogens is 1. The molecule has 3 fully saturated rings. The number of methoxy groups -OCH3 is 1. The van der Waals surface area contributed by atoms with Crippen LogP contribution in [0.4, 0.5) is 4.79 Å². The van der Waals surface area contributed by atoms with Crippen LogP contribution in [0, 0.1) is 5.41 Å². The Hall–Kier alpha value is -4.84. The summed E-state index contributed by atoms with van der Waals surface area (Å²) in [6, 6.07) is 21.1. The van der Waals surface area contributed by atoms with Crippen molar-refractivity contribution in [2.45, 2.75) is 89.3 Å². The summed E-state index contributed by atoms with van der Waals surface area (Å²) < 4.78 is 40.1. The van der Waals surface area contributed by atoms with Crippen LogP contribution in [0.1, 0.15) is 104 Å². The van der Waals surface area contributed by atoms with Crippen molar-refractivity contribution in [3.05, 3.63) is 89.0 Å². The number of hydrogen-bond donors (Lipinski definition) is 1. The Morgan fingerprint density at radius 1 is 0.927 bits per heavy atom. The maximum absolute atomic E-state index is 15.5. The summed E-state index contributed by atoms with van der Waals surface area (Å²) in [6.45, 7) is 6.94. The number of fused-ring (bicyclic) bond motifs is 7. The van der Waals surface area contributed by atoms with Gasteiger partial charge >= 0.3 is 6.09 Å². The van der Waals surface area contributed by atoms with E-state index in [0.29, 0.717) is 38.5 Å². The highest BCUT2D eigenvalue weighted by Gasteiger charge is 2.64. The fourth-order valence-corrected chi connectivity index (χ4v) is 9.87. The molecule has 0 spiro atoms. The van der Waals surface area contributed by atoms with Crippen molar-refractivity contribution in [3.63, 3.8) is 0 Å². The lowest BCUT2D eigenvalue weighted by atomic mass is 9.81. The largest absolute Gasteiger partial charge is 0.497 e. The molecule has 12 heteroatoms. The number of nitrogens with one attached hydrogen (secondary N) is 1. The van der Waals surface area contributed by atoms with Crippen molar-refractivity contribution in [1.82, 2.24) is 19.1 Å². The Balaban J connectivity index is 1.27. The van der Waals surface area contributed by atoms with Crippen LogP contribution in [0.5, 0.6) is 5.75 Å². The second-order valence-corrected chi connectivity index (χ2v) is 18.6. The SMILES string of the molecule is COc1ccc2c(c1)C1CC1(C(=O)N1CCN(C(=O)OC(C)(C)C)CC1c1ccccc1)Cn1c-2c(C2CCCCC2)c2ccc(C(=O)NS(C)(=O)=O)cc21. The standard InChI is InChI=1S/C43H50N4O7S/c1-42(2,3)54-41(50)45-20-21-46(36(25-45)27-12-8-6-9-13-27)40(49)43-24-34(43)33-23-30(53-4)17-19-31(33)38-37(28-14-10-7-11-15-28)32-18-16-29(22-35(32)47(38)26-43)39(48)44-55(5,51)52/h6,8-9,12-13,16-19,22-23,28,34,36H,7,10-11,14-15,20-21,24-26H2,1-5H3,(H,44,48). The van der Waals surface area contributed by atoms with Gasteiger partial charge in [0.2, 0.25) is 15.9 Å². The molecule has 11 nitrogen and oxygen atoms in total. The zero-order chi connectivity index (χ0) is 38.9. The van der Waals surface area contributed by atoms with Gasteiger partial charge in [-0.05, 0) is 93.0 Å². The smallest absolute Gasteiger partial charge is 0.410 e. The number of amides is 3. The fraction of sp³-hybridized carbons (Fsp3) is 0.465. The molecule has 3 unspecified atom stereocenters. The van der Waals surface area contributed by atoms with Gasteiger partial charge in [-0.15, -0.1) is 0 Å². The van der Waals surface area contributed by atoms with Gasteiger partial charge in [0.15, 0.2) is 0 Å². The topological polar surface area (TPSA) is 127 Å². The van der Waals surface area contributed by atoms with E-state index in [0.717, 1.165) is 71.0 Å². The quantitative estimate of drug-likeness (QED) is 0.217. The summed E-state index contributed by atoms with van der Waals surface area (Å²) in [4.78, 5) is 45.8. The van der Waals surface area contributed by atoms with Crippen LogP contribution in [0.15, 0.2) is 66.7 Å². The van der Waals surface area contributed by atoms with E-state index in [1.165, 1.54) is 12.0 Å². The van der Waals surface area contributed by atoms with E-state index in [1.807, 2.05) is 68.1 Å². The van der Waals surface area contributed by atoms with Gasteiger partial charge in [-0.2, -0.15) is 0 Å². The molecule has 290 valence electrons. The minimum atomic E-state index is -3.79. The maximum Gasteiger partial charge on any atom is 0.410 e. The first-order valence-electron chi connectivity index (χ1n) is 19.4. The maximum atomic E-state index is 15.5. The second-order valence-electron chi connectivity index (χ2n) is 16.8. The Labute approximate surface area is 323 Å². The molecule has 0 bridgehead atoms. The van der Waals surface area contributed by atoms with E-state index in [1.54, 1.807) is 24.1 Å². The van der Waals surface area contributed by atoms with E-state index >= 15 is 4.79 Å². The highest BCUT2D eigenvalue weighted by Crippen LogP contribution is 2.66. The minimum Gasteiger partial charge on any atom is -0.497 e. The molecule has 1 saturated heterocycles. The van der Waals surface area contributed by atoms with Gasteiger partial charge in [0, 0.05) is 54.1 Å². The molecule has 3 aromatic carbocycles. The molecule has 4 aliphatic rings. The van der Waals surface area contributed by atoms with Crippen LogP contribution in [0.25, 0.3) is 22.2 Å². The Bertz CT molecular complexity index is 2290. The molecule has 2 aliphatic carbocycles. The lowest BCUT2D eigenvalue weighted by Gasteiger charge is -2.43. The van der Waals surface area contributed by atoms with Crippen LogP contribution >= 0.6 is 0 Å². The second kappa shape index (κ2) is 13.7.